The van der Waals surface area contributed by atoms with E-state index in [1.165, 1.54) is 24.5 Å². The second-order valence-corrected chi connectivity index (χ2v) is 1.49. The van der Waals surface area contributed by atoms with Crippen LogP contribution in [-0.4, -0.2) is 6.08 Å². The van der Waals surface area contributed by atoms with Crippen LogP contribution in [-0.2, 0) is 4.79 Å². The van der Waals surface area contributed by atoms with Crippen LogP contribution in [0.15, 0.2) is 21.5 Å². The molecule has 0 saturated carbocycles. The Hall–Kier alpha value is -2.05. The number of hydrogen-bond acceptors (Lipinski definition) is 5. The minimum Gasteiger partial charge on any atom is -0.406 e. The highest BCUT2D eigenvalue weighted by Gasteiger charge is 1.99. The molecule has 0 aromatic carbocycles. The zero-order valence-corrected chi connectivity index (χ0v) is 5.27. The van der Waals surface area contributed by atoms with Gasteiger partial charge < -0.3 is 9.15 Å². The normalized spacial score (nSPS) is 7.91. The number of aliphatic imine (C=N–C) groups is 1. The number of rotatable bonds is 2. The number of isocyanates is 1. The fourth-order valence-electron chi connectivity index (χ4n) is 0.515. The third kappa shape index (κ3) is 1.68. The van der Waals surface area contributed by atoms with Crippen LogP contribution in [0.2, 0.25) is 0 Å². The fourth-order valence-corrected chi connectivity index (χ4v) is 0.515. The number of carbonyl (C=O) groups excluding carboxylic acids is 1. The molecule has 0 bridgehead atoms. The first kappa shape index (κ1) is 7.06. The fraction of sp³-hybridized carbons (Fsp3) is 0. The number of nitriles is 1. The van der Waals surface area contributed by atoms with Gasteiger partial charge in [-0.1, -0.05) is 0 Å². The minimum absolute atomic E-state index is 0.00139. The summed E-state index contributed by atoms with van der Waals surface area (Å²) in [7, 11) is 0. The Morgan fingerprint density at radius 3 is 3.09 bits per heavy atom. The summed E-state index contributed by atoms with van der Waals surface area (Å²) < 4.78 is 8.97. The number of ether oxygens (including phenoxy) is 1. The molecule has 0 radical (unpaired) electrons. The first-order valence-electron chi connectivity index (χ1n) is 2.60. The lowest BCUT2D eigenvalue weighted by molar-refractivity contribution is 0.364. The zero-order valence-electron chi connectivity index (χ0n) is 5.27. The second-order valence-electron chi connectivity index (χ2n) is 1.49. The van der Waals surface area contributed by atoms with Crippen molar-refractivity contribution in [3.8, 4) is 12.2 Å². The summed E-state index contributed by atoms with van der Waals surface area (Å²) in [4.78, 5) is 12.8. The Morgan fingerprint density at radius 1 is 1.64 bits per heavy atom. The van der Waals surface area contributed by atoms with Crippen molar-refractivity contribution in [1.29, 1.82) is 5.26 Å². The predicted molar refractivity (Wildman–Crippen MR) is 32.7 cm³/mol. The molecule has 0 aliphatic heterocycles. The highest BCUT2D eigenvalue weighted by molar-refractivity contribution is 5.43. The van der Waals surface area contributed by atoms with Crippen molar-refractivity contribution in [3.63, 3.8) is 0 Å². The minimum atomic E-state index is 0.00139. The van der Waals surface area contributed by atoms with E-state index in [0.29, 0.717) is 0 Å². The molecule has 0 N–H and O–H groups in total. The van der Waals surface area contributed by atoms with Crippen molar-refractivity contribution in [1.82, 2.24) is 0 Å². The van der Waals surface area contributed by atoms with E-state index in [-0.39, 0.29) is 11.8 Å². The molecule has 54 valence electrons. The van der Waals surface area contributed by atoms with Gasteiger partial charge in [-0.3, -0.25) is 0 Å². The summed E-state index contributed by atoms with van der Waals surface area (Å²) >= 11 is 0. The monoisotopic (exact) mass is 150 g/mol. The van der Waals surface area contributed by atoms with Gasteiger partial charge in [-0.05, 0) is 0 Å². The molecule has 0 aliphatic carbocycles. The number of furan rings is 1. The summed E-state index contributed by atoms with van der Waals surface area (Å²) in [6.07, 6.45) is 2.69. The van der Waals surface area contributed by atoms with Crippen LogP contribution in [0, 0.1) is 11.5 Å². The summed E-state index contributed by atoms with van der Waals surface area (Å²) in [5, 5.41) is 8.02. The molecule has 0 unspecified atom stereocenters. The van der Waals surface area contributed by atoms with Crippen LogP contribution in [0.3, 0.4) is 0 Å². The second kappa shape index (κ2) is 3.20. The van der Waals surface area contributed by atoms with Crippen LogP contribution in [0.25, 0.3) is 0 Å². The van der Waals surface area contributed by atoms with Gasteiger partial charge in [0.1, 0.15) is 0 Å². The standard InChI is InChI=1S/C6H2N2O3/c7-3-10-6-2-1-5(11-6)8-4-9/h1-2H. The Bertz CT molecular complexity index is 330. The van der Waals surface area contributed by atoms with Gasteiger partial charge in [-0.25, -0.2) is 4.79 Å². The van der Waals surface area contributed by atoms with Gasteiger partial charge in [-0.2, -0.15) is 0 Å². The SMILES string of the molecule is N#COc1ccc(N=C=O)o1. The van der Waals surface area contributed by atoms with E-state index in [9.17, 15) is 4.79 Å². The highest BCUT2D eigenvalue weighted by Crippen LogP contribution is 2.21. The molecule has 0 fully saturated rings. The van der Waals surface area contributed by atoms with E-state index < -0.39 is 0 Å². The molecule has 1 aromatic heterocycles. The number of nitrogens with zero attached hydrogens (tertiary/aromatic N) is 2. The van der Waals surface area contributed by atoms with E-state index in [1.807, 2.05) is 0 Å². The van der Waals surface area contributed by atoms with Crippen molar-refractivity contribution in [3.05, 3.63) is 12.1 Å². The van der Waals surface area contributed by atoms with Crippen LogP contribution >= 0.6 is 0 Å². The van der Waals surface area contributed by atoms with E-state index in [1.54, 1.807) is 0 Å². The van der Waals surface area contributed by atoms with Gasteiger partial charge >= 0.3 is 5.95 Å². The van der Waals surface area contributed by atoms with Crippen molar-refractivity contribution < 1.29 is 13.9 Å². The third-order valence-corrected chi connectivity index (χ3v) is 0.869. The average molecular weight is 150 g/mol. The Morgan fingerprint density at radius 2 is 2.45 bits per heavy atom. The summed E-state index contributed by atoms with van der Waals surface area (Å²) in [6, 6.07) is 2.76. The molecule has 11 heavy (non-hydrogen) atoms. The largest absolute Gasteiger partial charge is 0.406 e. The molecular weight excluding hydrogens is 148 g/mol. The van der Waals surface area contributed by atoms with E-state index >= 15 is 0 Å². The molecule has 1 rings (SSSR count). The molecule has 1 heterocycles. The smallest absolute Gasteiger partial charge is 0.303 e. The molecule has 0 aliphatic rings. The van der Waals surface area contributed by atoms with Crippen LogP contribution < -0.4 is 4.74 Å². The van der Waals surface area contributed by atoms with Crippen molar-refractivity contribution >= 4 is 12.0 Å². The molecular formula is C6H2N2O3. The maximum atomic E-state index is 9.68. The highest BCUT2D eigenvalue weighted by atomic mass is 16.6. The molecule has 5 heteroatoms. The van der Waals surface area contributed by atoms with Crippen molar-refractivity contribution in [2.24, 2.45) is 4.99 Å². The van der Waals surface area contributed by atoms with E-state index in [0.717, 1.165) is 0 Å². The molecule has 0 atom stereocenters. The third-order valence-electron chi connectivity index (χ3n) is 0.869. The van der Waals surface area contributed by atoms with Crippen molar-refractivity contribution in [2.75, 3.05) is 0 Å². The molecule has 1 aromatic rings. The Balaban J connectivity index is 2.83. The Kier molecular flexibility index (Phi) is 2.06. The molecule has 0 amide bonds. The summed E-state index contributed by atoms with van der Waals surface area (Å²) in [6.45, 7) is 0. The quantitative estimate of drug-likeness (QED) is 0.359. The van der Waals surface area contributed by atoms with Crippen molar-refractivity contribution in [2.45, 2.75) is 0 Å². The lowest BCUT2D eigenvalue weighted by Crippen LogP contribution is -1.74. The van der Waals surface area contributed by atoms with Crippen LogP contribution in [0.1, 0.15) is 0 Å². The first-order chi connectivity index (χ1) is 5.36. The topological polar surface area (TPSA) is 75.6 Å². The maximum absolute atomic E-state index is 9.68. The van der Waals surface area contributed by atoms with Gasteiger partial charge in [-0.15, -0.1) is 10.3 Å². The van der Waals surface area contributed by atoms with Gasteiger partial charge in [0.15, 0.2) is 0 Å². The molecule has 0 spiro atoms. The lowest BCUT2D eigenvalue weighted by Gasteiger charge is -1.83. The molecule has 0 saturated heterocycles. The van der Waals surface area contributed by atoms with Gasteiger partial charge in [0.2, 0.25) is 12.0 Å². The maximum Gasteiger partial charge on any atom is 0.303 e. The van der Waals surface area contributed by atoms with Gasteiger partial charge in [0.25, 0.3) is 6.26 Å². The van der Waals surface area contributed by atoms with E-state index in [4.69, 9.17) is 9.68 Å². The number of hydrogen-bond donors (Lipinski definition) is 0. The summed E-state index contributed by atoms with van der Waals surface area (Å²) in [5.41, 5.74) is 0. The summed E-state index contributed by atoms with van der Waals surface area (Å²) in [5.74, 6) is 0.0618. The van der Waals surface area contributed by atoms with Crippen LogP contribution in [0.5, 0.6) is 5.95 Å². The lowest BCUT2D eigenvalue weighted by atomic mass is 10.6. The van der Waals surface area contributed by atoms with Gasteiger partial charge in [0, 0.05) is 12.1 Å². The predicted octanol–water partition coefficient (Wildman–Crippen LogP) is 1.11. The zero-order chi connectivity index (χ0) is 8.10. The Labute approximate surface area is 61.5 Å². The average Bonchev–Trinajstić information content (AvgIpc) is 2.38. The van der Waals surface area contributed by atoms with Crippen LogP contribution in [0.4, 0.5) is 5.88 Å². The van der Waals surface area contributed by atoms with E-state index in [2.05, 4.69) is 9.73 Å². The first-order valence-corrected chi connectivity index (χ1v) is 2.60. The van der Waals surface area contributed by atoms with Gasteiger partial charge in [0.05, 0.1) is 0 Å². The molecule has 5 nitrogen and oxygen atoms in total.